The van der Waals surface area contributed by atoms with Crippen molar-refractivity contribution in [2.45, 2.75) is 19.8 Å². The summed E-state index contributed by atoms with van der Waals surface area (Å²) < 4.78 is 25.5. The van der Waals surface area contributed by atoms with Gasteiger partial charge >= 0.3 is 0 Å². The molecule has 70 valence electrons. The molecular weight excluding hydrogens is 170 g/mol. The lowest BCUT2D eigenvalue weighted by atomic mass is 10.0. The number of rotatable bonds is 2. The smallest absolute Gasteiger partial charge is 0.202 e. The fourth-order valence-electron chi connectivity index (χ4n) is 1.05. The summed E-state index contributed by atoms with van der Waals surface area (Å²) in [6.45, 7) is 6.47. The number of halogens is 2. The number of hydrogen-bond acceptors (Lipinski definition) is 0. The second-order valence-corrected chi connectivity index (χ2v) is 3.25. The van der Waals surface area contributed by atoms with E-state index in [4.69, 9.17) is 0 Å². The molecule has 0 aliphatic carbocycles. The van der Waals surface area contributed by atoms with Gasteiger partial charge in [0, 0.05) is 12.5 Å². The van der Waals surface area contributed by atoms with Crippen LogP contribution in [0.25, 0.3) is 5.57 Å². The lowest BCUT2D eigenvalue weighted by Crippen LogP contribution is -2.06. The standard InChI is InChI=1S/C11H12F2/c1-8(2)9-4-6-10(7-5-9)11(3,12)13/h4-7H,1H2,2-3H3. The maximum absolute atomic E-state index is 12.8. The predicted octanol–water partition coefficient (Wildman–Crippen LogP) is 3.83. The zero-order valence-electron chi connectivity index (χ0n) is 7.77. The molecule has 0 aromatic heterocycles. The van der Waals surface area contributed by atoms with Gasteiger partial charge in [0.1, 0.15) is 0 Å². The highest BCUT2D eigenvalue weighted by molar-refractivity contribution is 5.61. The van der Waals surface area contributed by atoms with Crippen molar-refractivity contribution in [1.82, 2.24) is 0 Å². The van der Waals surface area contributed by atoms with Gasteiger partial charge in [-0.25, -0.2) is 8.78 Å². The maximum atomic E-state index is 12.8. The summed E-state index contributed by atoms with van der Waals surface area (Å²) in [5.74, 6) is -2.76. The van der Waals surface area contributed by atoms with Gasteiger partial charge in [-0.15, -0.1) is 0 Å². The highest BCUT2D eigenvalue weighted by Gasteiger charge is 2.23. The summed E-state index contributed by atoms with van der Waals surface area (Å²) in [5.41, 5.74) is 1.82. The van der Waals surface area contributed by atoms with Crippen LogP contribution in [-0.2, 0) is 5.92 Å². The van der Waals surface area contributed by atoms with Crippen molar-refractivity contribution >= 4 is 5.57 Å². The monoisotopic (exact) mass is 182 g/mol. The number of hydrogen-bond donors (Lipinski definition) is 0. The number of allylic oxidation sites excluding steroid dienone is 1. The van der Waals surface area contributed by atoms with E-state index in [-0.39, 0.29) is 5.56 Å². The van der Waals surface area contributed by atoms with Gasteiger partial charge in [-0.3, -0.25) is 0 Å². The molecule has 0 nitrogen and oxygen atoms in total. The molecule has 0 fully saturated rings. The first kappa shape index (κ1) is 9.90. The van der Waals surface area contributed by atoms with Crippen LogP contribution in [-0.4, -0.2) is 0 Å². The molecule has 2 heteroatoms. The van der Waals surface area contributed by atoms with Crippen molar-refractivity contribution in [2.24, 2.45) is 0 Å². The van der Waals surface area contributed by atoms with Crippen LogP contribution >= 0.6 is 0 Å². The molecule has 0 bridgehead atoms. The van der Waals surface area contributed by atoms with E-state index in [1.807, 2.05) is 6.92 Å². The van der Waals surface area contributed by atoms with Crippen LogP contribution in [0.2, 0.25) is 0 Å². The van der Waals surface area contributed by atoms with E-state index in [0.717, 1.165) is 18.1 Å². The zero-order valence-corrected chi connectivity index (χ0v) is 7.77. The molecule has 0 heterocycles. The van der Waals surface area contributed by atoms with Gasteiger partial charge in [-0.05, 0) is 12.5 Å². The first-order valence-electron chi connectivity index (χ1n) is 4.05. The SMILES string of the molecule is C=C(C)c1ccc(C(C)(F)F)cc1. The molecule has 0 atom stereocenters. The van der Waals surface area contributed by atoms with Crippen molar-refractivity contribution in [3.63, 3.8) is 0 Å². The number of alkyl halides is 2. The van der Waals surface area contributed by atoms with Crippen LogP contribution < -0.4 is 0 Å². The van der Waals surface area contributed by atoms with Gasteiger partial charge in [0.05, 0.1) is 0 Å². The predicted molar refractivity (Wildman–Crippen MR) is 50.7 cm³/mol. The third-order valence-electron chi connectivity index (χ3n) is 1.88. The minimum atomic E-state index is -2.76. The lowest BCUT2D eigenvalue weighted by Gasteiger charge is -2.10. The zero-order chi connectivity index (χ0) is 10.1. The first-order chi connectivity index (χ1) is 5.91. The summed E-state index contributed by atoms with van der Waals surface area (Å²) in [5, 5.41) is 0. The minimum absolute atomic E-state index is 0.0394. The van der Waals surface area contributed by atoms with Crippen LogP contribution in [0.3, 0.4) is 0 Å². The average molecular weight is 182 g/mol. The Balaban J connectivity index is 3.01. The normalized spacial score (nSPS) is 11.4. The fourth-order valence-corrected chi connectivity index (χ4v) is 1.05. The van der Waals surface area contributed by atoms with E-state index in [1.54, 1.807) is 12.1 Å². The van der Waals surface area contributed by atoms with Crippen LogP contribution in [0.15, 0.2) is 30.8 Å². The Morgan fingerprint density at radius 2 is 1.69 bits per heavy atom. The van der Waals surface area contributed by atoms with E-state index < -0.39 is 5.92 Å². The summed E-state index contributed by atoms with van der Waals surface area (Å²) in [7, 11) is 0. The molecule has 0 unspecified atom stereocenters. The van der Waals surface area contributed by atoms with Crippen molar-refractivity contribution < 1.29 is 8.78 Å². The summed E-state index contributed by atoms with van der Waals surface area (Å²) in [6.07, 6.45) is 0. The first-order valence-corrected chi connectivity index (χ1v) is 4.05. The van der Waals surface area contributed by atoms with E-state index in [9.17, 15) is 8.78 Å². The Bertz CT molecular complexity index is 304. The molecule has 13 heavy (non-hydrogen) atoms. The molecule has 1 aromatic carbocycles. The van der Waals surface area contributed by atoms with Gasteiger partial charge in [0.15, 0.2) is 0 Å². The van der Waals surface area contributed by atoms with E-state index >= 15 is 0 Å². The lowest BCUT2D eigenvalue weighted by molar-refractivity contribution is 0.0175. The molecule has 0 spiro atoms. The number of benzene rings is 1. The van der Waals surface area contributed by atoms with Crippen LogP contribution in [0.4, 0.5) is 8.78 Å². The Hall–Kier alpha value is -1.18. The summed E-state index contributed by atoms with van der Waals surface area (Å²) in [4.78, 5) is 0. The molecule has 0 saturated carbocycles. The molecule has 0 aliphatic rings. The van der Waals surface area contributed by atoms with Crippen molar-refractivity contribution in [3.05, 3.63) is 42.0 Å². The third kappa shape index (κ3) is 2.38. The second kappa shape index (κ2) is 3.29. The van der Waals surface area contributed by atoms with Crippen molar-refractivity contribution in [2.75, 3.05) is 0 Å². The Morgan fingerprint density at radius 3 is 2.00 bits per heavy atom. The molecule has 0 saturated heterocycles. The second-order valence-electron chi connectivity index (χ2n) is 3.25. The van der Waals surface area contributed by atoms with E-state index in [0.29, 0.717) is 0 Å². The van der Waals surface area contributed by atoms with E-state index in [1.165, 1.54) is 12.1 Å². The van der Waals surface area contributed by atoms with E-state index in [2.05, 4.69) is 6.58 Å². The van der Waals surface area contributed by atoms with Gasteiger partial charge in [0.25, 0.3) is 5.92 Å². The third-order valence-corrected chi connectivity index (χ3v) is 1.88. The minimum Gasteiger partial charge on any atom is -0.202 e. The molecule has 1 rings (SSSR count). The maximum Gasteiger partial charge on any atom is 0.270 e. The Morgan fingerprint density at radius 1 is 1.23 bits per heavy atom. The van der Waals surface area contributed by atoms with Crippen LogP contribution in [0, 0.1) is 0 Å². The van der Waals surface area contributed by atoms with Crippen molar-refractivity contribution in [3.8, 4) is 0 Å². The molecule has 0 N–H and O–H groups in total. The largest absolute Gasteiger partial charge is 0.270 e. The molecule has 0 amide bonds. The quantitative estimate of drug-likeness (QED) is 0.652. The molecular formula is C11H12F2. The topological polar surface area (TPSA) is 0 Å². The summed E-state index contributed by atoms with van der Waals surface area (Å²) >= 11 is 0. The fraction of sp³-hybridized carbons (Fsp3) is 0.273. The molecule has 0 radical (unpaired) electrons. The van der Waals surface area contributed by atoms with Crippen LogP contribution in [0.1, 0.15) is 25.0 Å². The highest BCUT2D eigenvalue weighted by atomic mass is 19.3. The Labute approximate surface area is 76.9 Å². The molecule has 0 aliphatic heterocycles. The van der Waals surface area contributed by atoms with Gasteiger partial charge in [0.2, 0.25) is 0 Å². The highest BCUT2D eigenvalue weighted by Crippen LogP contribution is 2.27. The van der Waals surface area contributed by atoms with Gasteiger partial charge in [-0.2, -0.15) is 0 Å². The van der Waals surface area contributed by atoms with Crippen LogP contribution in [0.5, 0.6) is 0 Å². The van der Waals surface area contributed by atoms with Gasteiger partial charge in [-0.1, -0.05) is 36.4 Å². The summed E-state index contributed by atoms with van der Waals surface area (Å²) in [6, 6.07) is 6.19. The van der Waals surface area contributed by atoms with Crippen molar-refractivity contribution in [1.29, 1.82) is 0 Å². The Kier molecular flexibility index (Phi) is 2.50. The molecule has 1 aromatic rings. The van der Waals surface area contributed by atoms with Gasteiger partial charge < -0.3 is 0 Å². The average Bonchev–Trinajstić information content (AvgIpc) is 2.03.